The molecule has 9 heteroatoms. The molecule has 0 aliphatic rings. The van der Waals surface area contributed by atoms with Crippen molar-refractivity contribution in [2.24, 2.45) is 0 Å². The molecule has 3 rings (SSSR count). The van der Waals surface area contributed by atoms with E-state index in [9.17, 15) is 18.1 Å². The summed E-state index contributed by atoms with van der Waals surface area (Å²) in [6, 6.07) is 10.9. The van der Waals surface area contributed by atoms with Crippen molar-refractivity contribution in [3.63, 3.8) is 0 Å². The third kappa shape index (κ3) is 3.80. The minimum Gasteiger partial charge on any atom is -0.436 e. The van der Waals surface area contributed by atoms with Gasteiger partial charge in [-0.3, -0.25) is 4.55 Å². The third-order valence-electron chi connectivity index (χ3n) is 3.55. The average molecular weight is 364 g/mol. The maximum atomic E-state index is 11.4. The van der Waals surface area contributed by atoms with Gasteiger partial charge in [-0.2, -0.15) is 8.42 Å². The normalized spacial score (nSPS) is 13.1. The Hall–Kier alpha value is -2.46. The van der Waals surface area contributed by atoms with E-state index in [1.165, 1.54) is 18.2 Å². The van der Waals surface area contributed by atoms with E-state index in [0.29, 0.717) is 22.4 Å². The summed E-state index contributed by atoms with van der Waals surface area (Å²) in [5.74, 6) is 0.160. The fourth-order valence-electron chi connectivity index (χ4n) is 2.29. The number of oxazole rings is 1. The molecule has 1 unspecified atom stereocenters. The van der Waals surface area contributed by atoms with Crippen molar-refractivity contribution in [1.29, 1.82) is 0 Å². The molecule has 0 saturated heterocycles. The van der Waals surface area contributed by atoms with E-state index in [-0.39, 0.29) is 17.3 Å². The van der Waals surface area contributed by atoms with Gasteiger partial charge in [-0.05, 0) is 30.3 Å². The molecule has 0 radical (unpaired) electrons. The van der Waals surface area contributed by atoms with Crippen LogP contribution in [0.25, 0.3) is 22.6 Å². The number of aliphatic hydroxyl groups is 2. The Morgan fingerprint density at radius 1 is 1.20 bits per heavy atom. The Bertz CT molecular complexity index is 966. The summed E-state index contributed by atoms with van der Waals surface area (Å²) in [4.78, 5) is 4.01. The topological polar surface area (TPSA) is 133 Å². The van der Waals surface area contributed by atoms with Crippen molar-refractivity contribution in [3.05, 3.63) is 42.5 Å². The van der Waals surface area contributed by atoms with Gasteiger partial charge in [0.25, 0.3) is 10.1 Å². The molecule has 0 bridgehead atoms. The summed E-state index contributed by atoms with van der Waals surface area (Å²) < 4.78 is 37.8. The number of nitrogens with zero attached hydrogens (tertiary/aromatic N) is 1. The lowest BCUT2D eigenvalue weighted by molar-refractivity contribution is 0.105. The highest BCUT2D eigenvalue weighted by molar-refractivity contribution is 7.85. The van der Waals surface area contributed by atoms with Crippen molar-refractivity contribution in [2.75, 3.05) is 18.5 Å². The van der Waals surface area contributed by atoms with Gasteiger partial charge < -0.3 is 19.9 Å². The van der Waals surface area contributed by atoms with Crippen LogP contribution in [-0.2, 0) is 10.1 Å². The van der Waals surface area contributed by atoms with Crippen LogP contribution in [0.3, 0.4) is 0 Å². The zero-order chi connectivity index (χ0) is 18.0. The fourth-order valence-corrected chi connectivity index (χ4v) is 2.80. The van der Waals surface area contributed by atoms with Crippen molar-refractivity contribution < 1.29 is 27.6 Å². The molecule has 25 heavy (non-hydrogen) atoms. The zero-order valence-electron chi connectivity index (χ0n) is 13.0. The SMILES string of the molecule is O=S(=O)(O)c1ccc(NCC(O)CO)c(-c2nc3ccccc3o2)c1. The highest BCUT2D eigenvalue weighted by Crippen LogP contribution is 2.32. The fraction of sp³-hybridized carbons (Fsp3) is 0.188. The standard InChI is InChI=1S/C16H16N2O6S/c19-9-10(20)8-17-13-6-5-11(25(21,22)23)7-12(13)16-18-14-3-1-2-4-15(14)24-16/h1-7,10,17,19-20H,8-9H2,(H,21,22,23). The number of benzene rings is 2. The molecule has 3 aromatic rings. The monoisotopic (exact) mass is 364 g/mol. The zero-order valence-corrected chi connectivity index (χ0v) is 13.8. The van der Waals surface area contributed by atoms with Crippen molar-refractivity contribution in [3.8, 4) is 11.5 Å². The van der Waals surface area contributed by atoms with E-state index in [1.807, 2.05) is 0 Å². The molecule has 4 N–H and O–H groups in total. The second kappa shape index (κ2) is 6.81. The van der Waals surface area contributed by atoms with Crippen LogP contribution in [0, 0.1) is 0 Å². The van der Waals surface area contributed by atoms with Gasteiger partial charge >= 0.3 is 0 Å². The Morgan fingerprint density at radius 3 is 2.64 bits per heavy atom. The molecule has 1 atom stereocenters. The Labute approximate surface area is 143 Å². The lowest BCUT2D eigenvalue weighted by Crippen LogP contribution is -2.23. The van der Waals surface area contributed by atoms with E-state index >= 15 is 0 Å². The first-order chi connectivity index (χ1) is 11.9. The molecule has 0 aliphatic heterocycles. The summed E-state index contributed by atoms with van der Waals surface area (Å²) >= 11 is 0. The Morgan fingerprint density at radius 2 is 1.96 bits per heavy atom. The van der Waals surface area contributed by atoms with Gasteiger partial charge in [-0.1, -0.05) is 12.1 Å². The molecule has 1 aromatic heterocycles. The van der Waals surface area contributed by atoms with E-state index in [4.69, 9.17) is 9.52 Å². The summed E-state index contributed by atoms with van der Waals surface area (Å²) in [6.45, 7) is -0.386. The van der Waals surface area contributed by atoms with Crippen LogP contribution in [0.1, 0.15) is 0 Å². The predicted octanol–water partition coefficient (Wildman–Crippen LogP) is 1.51. The number of hydrogen-bond donors (Lipinski definition) is 4. The van der Waals surface area contributed by atoms with Crippen LogP contribution in [0.4, 0.5) is 5.69 Å². The summed E-state index contributed by atoms with van der Waals surface area (Å²) in [5, 5.41) is 21.3. The first-order valence-electron chi connectivity index (χ1n) is 7.39. The molecule has 1 heterocycles. The lowest BCUT2D eigenvalue weighted by atomic mass is 10.1. The van der Waals surface area contributed by atoms with E-state index < -0.39 is 22.8 Å². The lowest BCUT2D eigenvalue weighted by Gasteiger charge is -2.13. The van der Waals surface area contributed by atoms with Crippen LogP contribution < -0.4 is 5.32 Å². The molecular weight excluding hydrogens is 348 g/mol. The average Bonchev–Trinajstić information content (AvgIpc) is 3.02. The third-order valence-corrected chi connectivity index (χ3v) is 4.40. The number of para-hydroxylation sites is 2. The molecule has 0 saturated carbocycles. The second-order valence-electron chi connectivity index (χ2n) is 5.39. The molecule has 0 spiro atoms. The number of hydrogen-bond acceptors (Lipinski definition) is 7. The van der Waals surface area contributed by atoms with Crippen LogP contribution in [0.2, 0.25) is 0 Å². The first kappa shape index (κ1) is 17.4. The molecule has 0 aliphatic carbocycles. The van der Waals surface area contributed by atoms with Gasteiger partial charge in [0.05, 0.1) is 23.2 Å². The molecule has 0 amide bonds. The minimum atomic E-state index is -4.40. The predicted molar refractivity (Wildman–Crippen MR) is 90.8 cm³/mol. The number of nitrogens with one attached hydrogen (secondary N) is 1. The van der Waals surface area contributed by atoms with E-state index in [0.717, 1.165) is 0 Å². The van der Waals surface area contributed by atoms with Crippen LogP contribution in [-0.4, -0.2) is 47.4 Å². The van der Waals surface area contributed by atoms with Gasteiger partial charge in [0.2, 0.25) is 5.89 Å². The maximum Gasteiger partial charge on any atom is 0.294 e. The van der Waals surface area contributed by atoms with Crippen molar-refractivity contribution >= 4 is 26.9 Å². The van der Waals surface area contributed by atoms with Gasteiger partial charge in [0.1, 0.15) is 5.52 Å². The first-order valence-corrected chi connectivity index (χ1v) is 8.83. The van der Waals surface area contributed by atoms with Gasteiger partial charge in [0.15, 0.2) is 5.58 Å². The quantitative estimate of drug-likeness (QED) is 0.484. The molecule has 2 aromatic carbocycles. The van der Waals surface area contributed by atoms with E-state index in [2.05, 4.69) is 10.3 Å². The van der Waals surface area contributed by atoms with Crippen LogP contribution in [0.5, 0.6) is 0 Å². The molecule has 132 valence electrons. The highest BCUT2D eigenvalue weighted by atomic mass is 32.2. The van der Waals surface area contributed by atoms with Gasteiger partial charge in [-0.25, -0.2) is 4.98 Å². The summed E-state index contributed by atoms with van der Waals surface area (Å²) in [6.07, 6.45) is -0.988. The highest BCUT2D eigenvalue weighted by Gasteiger charge is 2.18. The largest absolute Gasteiger partial charge is 0.436 e. The van der Waals surface area contributed by atoms with Gasteiger partial charge in [0, 0.05) is 12.2 Å². The van der Waals surface area contributed by atoms with Gasteiger partial charge in [-0.15, -0.1) is 0 Å². The summed E-state index contributed by atoms with van der Waals surface area (Å²) in [7, 11) is -4.40. The van der Waals surface area contributed by atoms with Crippen LogP contribution >= 0.6 is 0 Å². The van der Waals surface area contributed by atoms with Crippen LogP contribution in [0.15, 0.2) is 51.8 Å². The second-order valence-corrected chi connectivity index (χ2v) is 6.81. The minimum absolute atomic E-state index is 0.0367. The number of rotatable bonds is 6. The number of aromatic nitrogens is 1. The molecule has 0 fully saturated rings. The van der Waals surface area contributed by atoms with Crippen molar-refractivity contribution in [1.82, 2.24) is 4.98 Å². The number of aliphatic hydroxyl groups excluding tert-OH is 2. The number of fused-ring (bicyclic) bond motifs is 1. The van der Waals surface area contributed by atoms with Crippen molar-refractivity contribution in [2.45, 2.75) is 11.0 Å². The smallest absolute Gasteiger partial charge is 0.294 e. The Balaban J connectivity index is 2.09. The van der Waals surface area contributed by atoms with E-state index in [1.54, 1.807) is 24.3 Å². The Kier molecular flexibility index (Phi) is 4.73. The summed E-state index contributed by atoms with van der Waals surface area (Å²) in [5.41, 5.74) is 1.86. The molecule has 8 nitrogen and oxygen atoms in total. The number of anilines is 1. The molecular formula is C16H16N2O6S. The maximum absolute atomic E-state index is 11.4.